The quantitative estimate of drug-likeness (QED) is 0.218. The van der Waals surface area contributed by atoms with Crippen LogP contribution in [-0.4, -0.2) is 30.6 Å². The van der Waals surface area contributed by atoms with Gasteiger partial charge in [-0.25, -0.2) is 4.79 Å². The molecule has 1 aromatic heterocycles. The summed E-state index contributed by atoms with van der Waals surface area (Å²) in [4.78, 5) is 51.9. The molecule has 4 rings (SSSR count). The van der Waals surface area contributed by atoms with Crippen LogP contribution in [0.2, 0.25) is 0 Å². The van der Waals surface area contributed by atoms with E-state index in [1.165, 1.54) is 6.92 Å². The fourth-order valence-corrected chi connectivity index (χ4v) is 4.67. The molecule has 0 fully saturated rings. The summed E-state index contributed by atoms with van der Waals surface area (Å²) in [6.45, 7) is 8.07. The Balaban J connectivity index is 2.07. The van der Waals surface area contributed by atoms with Crippen LogP contribution in [0.3, 0.4) is 0 Å². The molecule has 1 aliphatic rings. The van der Waals surface area contributed by atoms with Crippen LogP contribution in [0.25, 0.3) is 21.9 Å². The van der Waals surface area contributed by atoms with Crippen molar-refractivity contribution < 1.29 is 33.0 Å². The smallest absolute Gasteiger partial charge is 0.336 e. The van der Waals surface area contributed by atoms with Gasteiger partial charge in [-0.15, -0.1) is 0 Å². The number of rotatable bonds is 6. The van der Waals surface area contributed by atoms with Gasteiger partial charge in [-0.2, -0.15) is 0 Å². The van der Waals surface area contributed by atoms with E-state index >= 15 is 0 Å². The van der Waals surface area contributed by atoms with Gasteiger partial charge in [0.25, 0.3) is 0 Å². The Morgan fingerprint density at radius 3 is 2.47 bits per heavy atom. The van der Waals surface area contributed by atoms with Crippen LogP contribution >= 0.6 is 0 Å². The van der Waals surface area contributed by atoms with Gasteiger partial charge < -0.3 is 23.9 Å². The Kier molecular flexibility index (Phi) is 7.66. The summed E-state index contributed by atoms with van der Waals surface area (Å²) in [5.74, 6) is -4.03. The Hall–Kier alpha value is -4.40. The molecule has 0 spiro atoms. The van der Waals surface area contributed by atoms with E-state index in [0.29, 0.717) is 27.6 Å². The molecular formula is C29H29NO8. The molecule has 198 valence electrons. The summed E-state index contributed by atoms with van der Waals surface area (Å²) >= 11 is 0. The van der Waals surface area contributed by atoms with E-state index in [9.17, 15) is 19.2 Å². The van der Waals surface area contributed by atoms with Crippen LogP contribution in [0, 0.1) is 5.92 Å². The highest BCUT2D eigenvalue weighted by Crippen LogP contribution is 2.44. The number of hydrogen-bond donors (Lipinski definition) is 1. The van der Waals surface area contributed by atoms with Crippen LogP contribution < -0.4 is 10.7 Å². The van der Waals surface area contributed by atoms with Crippen LogP contribution in [0.4, 0.5) is 0 Å². The third-order valence-electron chi connectivity index (χ3n) is 6.14. The summed E-state index contributed by atoms with van der Waals surface area (Å²) in [5, 5.41) is 3.73. The number of fused-ring (bicyclic) bond motifs is 2. The van der Waals surface area contributed by atoms with E-state index in [-0.39, 0.29) is 28.9 Å². The lowest BCUT2D eigenvalue weighted by atomic mass is 9.75. The van der Waals surface area contributed by atoms with Crippen molar-refractivity contribution in [2.75, 3.05) is 6.61 Å². The average molecular weight is 520 g/mol. The number of ether oxygens (including phenoxy) is 3. The van der Waals surface area contributed by atoms with Crippen molar-refractivity contribution in [3.8, 4) is 0 Å². The highest BCUT2D eigenvalue weighted by molar-refractivity contribution is 5.97. The highest BCUT2D eigenvalue weighted by atomic mass is 16.5. The number of nitrogens with one attached hydrogen (secondary N) is 1. The molecule has 1 aliphatic heterocycles. The number of carbonyl (C=O) groups is 3. The maximum atomic E-state index is 13.4. The van der Waals surface area contributed by atoms with Crippen LogP contribution in [-0.2, 0) is 28.6 Å². The molecule has 3 aromatic rings. The largest absolute Gasteiger partial charge is 0.465 e. The molecule has 0 saturated carbocycles. The van der Waals surface area contributed by atoms with Crippen LogP contribution in [0.5, 0.6) is 0 Å². The Morgan fingerprint density at radius 1 is 1.08 bits per heavy atom. The molecule has 0 saturated heterocycles. The minimum Gasteiger partial charge on any atom is -0.465 e. The normalized spacial score (nSPS) is 18.5. The summed E-state index contributed by atoms with van der Waals surface area (Å²) in [6.07, 6.45) is 0.707. The summed E-state index contributed by atoms with van der Waals surface area (Å²) in [7, 11) is 0. The maximum absolute atomic E-state index is 13.4. The van der Waals surface area contributed by atoms with Gasteiger partial charge in [0.1, 0.15) is 23.3 Å². The van der Waals surface area contributed by atoms with Crippen molar-refractivity contribution in [3.05, 3.63) is 81.5 Å². The first-order valence-corrected chi connectivity index (χ1v) is 12.3. The van der Waals surface area contributed by atoms with Gasteiger partial charge in [-0.3, -0.25) is 14.4 Å². The third-order valence-corrected chi connectivity index (χ3v) is 6.14. The first-order valence-electron chi connectivity index (χ1n) is 12.3. The lowest BCUT2D eigenvalue weighted by molar-refractivity contribution is -0.148. The van der Waals surface area contributed by atoms with Crippen LogP contribution in [0.1, 0.15) is 46.1 Å². The standard InChI is InChI=1S/C29H29NO8/c1-6-35-28(33)25-21(14-36-17(5)31)30-16(4)23(29(34)37-15(2)3)24(25)19-11-9-12-20-26(32)18-10-7-8-13-22(18)38-27(19)20/h7-15,24-25,30H,6H2,1-5H3/b21-14+. The second-order valence-corrected chi connectivity index (χ2v) is 9.16. The summed E-state index contributed by atoms with van der Waals surface area (Å²) in [6, 6.07) is 11.9. The Morgan fingerprint density at radius 2 is 1.79 bits per heavy atom. The minimum absolute atomic E-state index is 0.0760. The zero-order chi connectivity index (χ0) is 27.6. The van der Waals surface area contributed by atoms with Crippen molar-refractivity contribution in [2.24, 2.45) is 5.92 Å². The van der Waals surface area contributed by atoms with Crippen molar-refractivity contribution in [2.45, 2.75) is 46.6 Å². The minimum atomic E-state index is -1.14. The zero-order valence-corrected chi connectivity index (χ0v) is 21.8. The van der Waals surface area contributed by atoms with E-state index in [1.807, 2.05) is 0 Å². The molecule has 0 radical (unpaired) electrons. The molecule has 0 bridgehead atoms. The zero-order valence-electron chi connectivity index (χ0n) is 21.8. The van der Waals surface area contributed by atoms with Crippen molar-refractivity contribution in [1.29, 1.82) is 0 Å². The lowest BCUT2D eigenvalue weighted by Gasteiger charge is -2.35. The number of allylic oxidation sites excluding steroid dienone is 1. The van der Waals surface area contributed by atoms with Crippen molar-refractivity contribution in [1.82, 2.24) is 5.32 Å². The number of para-hydroxylation sites is 2. The number of esters is 3. The SMILES string of the molecule is CCOC(=O)C1/C(=C\OC(C)=O)NC(C)=C(C(=O)OC(C)C)C1c1cccc2c(=O)c3ccccc3oc12. The lowest BCUT2D eigenvalue weighted by Crippen LogP contribution is -2.40. The van der Waals surface area contributed by atoms with Gasteiger partial charge in [0.05, 0.1) is 34.8 Å². The molecule has 9 heteroatoms. The van der Waals surface area contributed by atoms with Gasteiger partial charge in [0.2, 0.25) is 5.43 Å². The second-order valence-electron chi connectivity index (χ2n) is 9.16. The van der Waals surface area contributed by atoms with E-state index in [2.05, 4.69) is 5.32 Å². The molecule has 1 N–H and O–H groups in total. The third kappa shape index (κ3) is 5.04. The van der Waals surface area contributed by atoms with Gasteiger partial charge in [-0.1, -0.05) is 24.3 Å². The maximum Gasteiger partial charge on any atom is 0.336 e. The average Bonchev–Trinajstić information content (AvgIpc) is 2.86. The van der Waals surface area contributed by atoms with E-state index in [0.717, 1.165) is 6.26 Å². The fraction of sp³-hybridized carbons (Fsp3) is 0.310. The molecule has 2 unspecified atom stereocenters. The molecular weight excluding hydrogens is 490 g/mol. The molecule has 9 nitrogen and oxygen atoms in total. The van der Waals surface area contributed by atoms with Gasteiger partial charge in [0, 0.05) is 24.1 Å². The van der Waals surface area contributed by atoms with E-state index < -0.39 is 35.8 Å². The number of carbonyl (C=O) groups excluding carboxylic acids is 3. The summed E-state index contributed by atoms with van der Waals surface area (Å²) in [5.41, 5.74) is 1.53. The van der Waals surface area contributed by atoms with Crippen molar-refractivity contribution >= 4 is 39.8 Å². The Bertz CT molecular complexity index is 1550. The predicted molar refractivity (Wildman–Crippen MR) is 140 cm³/mol. The molecule has 0 aliphatic carbocycles. The second kappa shape index (κ2) is 10.9. The Labute approximate surface area is 219 Å². The topological polar surface area (TPSA) is 121 Å². The van der Waals surface area contributed by atoms with Gasteiger partial charge >= 0.3 is 17.9 Å². The van der Waals surface area contributed by atoms with Gasteiger partial charge in [0.15, 0.2) is 0 Å². The molecule has 38 heavy (non-hydrogen) atoms. The molecule has 2 aromatic carbocycles. The van der Waals surface area contributed by atoms with Gasteiger partial charge in [-0.05, 0) is 45.9 Å². The first kappa shape index (κ1) is 26.7. The monoisotopic (exact) mass is 519 g/mol. The number of benzene rings is 2. The van der Waals surface area contributed by atoms with E-state index in [1.54, 1.807) is 70.2 Å². The highest BCUT2D eigenvalue weighted by Gasteiger charge is 2.45. The first-order chi connectivity index (χ1) is 18.1. The molecule has 2 atom stereocenters. The number of hydrogen-bond acceptors (Lipinski definition) is 9. The molecule has 0 amide bonds. The van der Waals surface area contributed by atoms with Crippen LogP contribution in [0.15, 0.2) is 74.9 Å². The predicted octanol–water partition coefficient (Wildman–Crippen LogP) is 4.44. The molecule has 2 heterocycles. The fourth-order valence-electron chi connectivity index (χ4n) is 4.67. The van der Waals surface area contributed by atoms with Crippen molar-refractivity contribution in [3.63, 3.8) is 0 Å². The summed E-state index contributed by atoms with van der Waals surface area (Å²) < 4.78 is 22.3. The van der Waals surface area contributed by atoms with E-state index in [4.69, 9.17) is 18.6 Å².